The Hall–Kier alpha value is -4.18. The third kappa shape index (κ3) is 4.87. The van der Waals surface area contributed by atoms with Gasteiger partial charge in [0.2, 0.25) is 5.88 Å². The third-order valence-corrected chi connectivity index (χ3v) is 4.39. The summed E-state index contributed by atoms with van der Waals surface area (Å²) in [6.07, 6.45) is 1.64. The van der Waals surface area contributed by atoms with Crippen LogP contribution in [0.2, 0.25) is 0 Å². The quantitative estimate of drug-likeness (QED) is 0.407. The lowest BCUT2D eigenvalue weighted by Gasteiger charge is -2.15. The first kappa shape index (κ1) is 21.5. The molecule has 1 aromatic heterocycles. The van der Waals surface area contributed by atoms with Gasteiger partial charge in [-0.25, -0.2) is 9.78 Å². The number of allylic oxidation sites excluding steroid dienone is 1. The molecule has 7 nitrogen and oxygen atoms in total. The molecule has 0 bridgehead atoms. The van der Waals surface area contributed by atoms with Crippen molar-refractivity contribution in [3.8, 4) is 29.2 Å². The molecule has 0 fully saturated rings. The van der Waals surface area contributed by atoms with E-state index in [1.54, 1.807) is 75.4 Å². The zero-order valence-electron chi connectivity index (χ0n) is 17.7. The smallest absolute Gasteiger partial charge is 0.338 e. The Balaban J connectivity index is 1.98. The van der Waals surface area contributed by atoms with Crippen LogP contribution in [0.5, 0.6) is 23.1 Å². The van der Waals surface area contributed by atoms with Gasteiger partial charge >= 0.3 is 5.97 Å². The van der Waals surface area contributed by atoms with Crippen molar-refractivity contribution in [2.75, 3.05) is 7.11 Å². The minimum Gasteiger partial charge on any atom is -0.465 e. The molecule has 0 aliphatic carbocycles. The van der Waals surface area contributed by atoms with Crippen molar-refractivity contribution in [1.29, 1.82) is 5.26 Å². The first-order chi connectivity index (χ1) is 15.0. The number of carbonyl (C=O) groups excluding carboxylic acids is 1. The molecular weight excluding hydrogens is 394 g/mol. The number of esters is 1. The highest BCUT2D eigenvalue weighted by Crippen LogP contribution is 2.34. The summed E-state index contributed by atoms with van der Waals surface area (Å²) in [6, 6.07) is 16.0. The number of para-hydroxylation sites is 1. The van der Waals surface area contributed by atoms with Crippen molar-refractivity contribution in [2.45, 2.75) is 20.8 Å². The molecule has 0 aliphatic rings. The number of benzene rings is 2. The van der Waals surface area contributed by atoms with Crippen molar-refractivity contribution >= 4 is 11.5 Å². The average Bonchev–Trinajstić information content (AvgIpc) is 2.76. The molecule has 3 aromatic rings. The van der Waals surface area contributed by atoms with Crippen LogP contribution in [0.4, 0.5) is 0 Å². The van der Waals surface area contributed by atoms with Gasteiger partial charge in [0.25, 0.3) is 0 Å². The molecule has 0 N–H and O–H groups in total. The minimum absolute atomic E-state index is 0.234. The molecule has 1 heterocycles. The van der Waals surface area contributed by atoms with Crippen LogP contribution in [-0.2, 0) is 9.53 Å². The van der Waals surface area contributed by atoms with Gasteiger partial charge in [0.05, 0.1) is 29.5 Å². The first-order valence-electron chi connectivity index (χ1n) is 9.52. The van der Waals surface area contributed by atoms with E-state index in [2.05, 4.69) is 16.0 Å². The number of hydrogen-bond acceptors (Lipinski definition) is 7. The maximum absolute atomic E-state index is 12.3. The normalized spacial score (nSPS) is 10.9. The maximum Gasteiger partial charge on any atom is 0.338 e. The summed E-state index contributed by atoms with van der Waals surface area (Å²) >= 11 is 0. The number of carbonyl (C=O) groups is 1. The van der Waals surface area contributed by atoms with Crippen LogP contribution >= 0.6 is 0 Å². The van der Waals surface area contributed by atoms with E-state index in [4.69, 9.17) is 14.2 Å². The van der Waals surface area contributed by atoms with Gasteiger partial charge in [0.1, 0.15) is 29.1 Å². The molecule has 0 radical (unpaired) electrons. The van der Waals surface area contributed by atoms with Crippen LogP contribution in [0, 0.1) is 25.2 Å². The fourth-order valence-electron chi connectivity index (χ4n) is 3.03. The van der Waals surface area contributed by atoms with Crippen LogP contribution in [0.1, 0.15) is 29.6 Å². The molecule has 0 unspecified atom stereocenters. The topological polar surface area (TPSA) is 94.3 Å². The van der Waals surface area contributed by atoms with Crippen molar-refractivity contribution < 1.29 is 19.0 Å². The highest BCUT2D eigenvalue weighted by molar-refractivity contribution is 6.17. The fourth-order valence-corrected chi connectivity index (χ4v) is 3.03. The van der Waals surface area contributed by atoms with Gasteiger partial charge in [-0.2, -0.15) is 10.2 Å². The largest absolute Gasteiger partial charge is 0.465 e. The Morgan fingerprint density at radius 3 is 2.42 bits per heavy atom. The summed E-state index contributed by atoms with van der Waals surface area (Å²) in [6.45, 7) is 5.26. The predicted molar refractivity (Wildman–Crippen MR) is 115 cm³/mol. The first-order valence-corrected chi connectivity index (χ1v) is 9.52. The lowest BCUT2D eigenvalue weighted by atomic mass is 10.1. The molecule has 7 heteroatoms. The van der Waals surface area contributed by atoms with Crippen molar-refractivity contribution in [1.82, 2.24) is 9.97 Å². The SMILES string of the molecule is CC=C(C(=O)OC)c1c(C)nc(C)nc1Oc1cccc(Oc2ccccc2C#N)c1. The number of methoxy groups -OCH3 is 1. The minimum atomic E-state index is -0.506. The number of aryl methyl sites for hydroxylation is 2. The molecule has 0 atom stereocenters. The van der Waals surface area contributed by atoms with Crippen LogP contribution in [0.15, 0.2) is 54.6 Å². The van der Waals surface area contributed by atoms with E-state index in [-0.39, 0.29) is 5.88 Å². The second-order valence-electron chi connectivity index (χ2n) is 6.52. The zero-order chi connectivity index (χ0) is 22.4. The summed E-state index contributed by atoms with van der Waals surface area (Å²) in [5.41, 5.74) is 1.79. The van der Waals surface area contributed by atoms with Crippen LogP contribution < -0.4 is 9.47 Å². The lowest BCUT2D eigenvalue weighted by Crippen LogP contribution is -2.09. The van der Waals surface area contributed by atoms with Crippen molar-refractivity contribution in [3.63, 3.8) is 0 Å². The number of rotatable bonds is 6. The summed E-state index contributed by atoms with van der Waals surface area (Å²) in [5, 5.41) is 9.26. The molecule has 0 amide bonds. The Labute approximate surface area is 180 Å². The average molecular weight is 415 g/mol. The van der Waals surface area contributed by atoms with Gasteiger partial charge in [0.15, 0.2) is 0 Å². The van der Waals surface area contributed by atoms with E-state index in [1.165, 1.54) is 7.11 Å². The Morgan fingerprint density at radius 2 is 1.74 bits per heavy atom. The molecule has 0 spiro atoms. The molecule has 0 saturated carbocycles. The Kier molecular flexibility index (Phi) is 6.63. The van der Waals surface area contributed by atoms with Gasteiger partial charge in [-0.3, -0.25) is 0 Å². The number of nitrogens with zero attached hydrogens (tertiary/aromatic N) is 3. The van der Waals surface area contributed by atoms with Crippen molar-refractivity contribution in [3.05, 3.63) is 77.3 Å². The van der Waals surface area contributed by atoms with Crippen LogP contribution in [0.25, 0.3) is 5.57 Å². The van der Waals surface area contributed by atoms with Gasteiger partial charge in [0, 0.05) is 6.07 Å². The van der Waals surface area contributed by atoms with Crippen LogP contribution in [-0.4, -0.2) is 23.0 Å². The lowest BCUT2D eigenvalue weighted by molar-refractivity contribution is -0.133. The summed E-state index contributed by atoms with van der Waals surface area (Å²) in [4.78, 5) is 21.0. The molecule has 156 valence electrons. The van der Waals surface area contributed by atoms with Gasteiger partial charge < -0.3 is 14.2 Å². The number of ether oxygens (including phenoxy) is 3. The molecular formula is C24H21N3O4. The number of aromatic nitrogens is 2. The van der Waals surface area contributed by atoms with Crippen molar-refractivity contribution in [2.24, 2.45) is 0 Å². The highest BCUT2D eigenvalue weighted by Gasteiger charge is 2.22. The Morgan fingerprint density at radius 1 is 1.03 bits per heavy atom. The molecule has 0 saturated heterocycles. The molecule has 3 rings (SSSR count). The second kappa shape index (κ2) is 9.55. The monoisotopic (exact) mass is 415 g/mol. The highest BCUT2D eigenvalue weighted by atomic mass is 16.5. The Bertz CT molecular complexity index is 1200. The molecule has 31 heavy (non-hydrogen) atoms. The standard InChI is InChI=1S/C24H21N3O4/c1-5-20(24(28)29-4)22-15(2)26-16(3)27-23(22)31-19-11-8-10-18(13-19)30-21-12-7-6-9-17(21)14-25/h5-13H,1-4H3. The maximum atomic E-state index is 12.3. The van der Waals surface area contributed by atoms with E-state index in [0.717, 1.165) is 0 Å². The predicted octanol–water partition coefficient (Wildman–Crippen LogP) is 5.13. The number of hydrogen-bond donors (Lipinski definition) is 0. The zero-order valence-corrected chi connectivity index (χ0v) is 17.7. The summed E-state index contributed by atoms with van der Waals surface area (Å²) in [5.74, 6) is 1.62. The molecule has 2 aromatic carbocycles. The van der Waals surface area contributed by atoms with E-state index in [1.807, 2.05) is 0 Å². The van der Waals surface area contributed by atoms with Gasteiger partial charge in [-0.15, -0.1) is 0 Å². The van der Waals surface area contributed by atoms with E-state index in [0.29, 0.717) is 45.5 Å². The van der Waals surface area contributed by atoms with Crippen LogP contribution in [0.3, 0.4) is 0 Å². The summed E-state index contributed by atoms with van der Waals surface area (Å²) < 4.78 is 16.8. The van der Waals surface area contributed by atoms with Gasteiger partial charge in [-0.05, 0) is 45.0 Å². The second-order valence-corrected chi connectivity index (χ2v) is 6.52. The summed E-state index contributed by atoms with van der Waals surface area (Å²) in [7, 11) is 1.32. The van der Waals surface area contributed by atoms with Gasteiger partial charge in [-0.1, -0.05) is 24.3 Å². The van der Waals surface area contributed by atoms with E-state index >= 15 is 0 Å². The molecule has 0 aliphatic heterocycles. The number of nitriles is 1. The fraction of sp³-hybridized carbons (Fsp3) is 0.167. The van der Waals surface area contributed by atoms with E-state index in [9.17, 15) is 10.1 Å². The van der Waals surface area contributed by atoms with E-state index < -0.39 is 5.97 Å². The third-order valence-electron chi connectivity index (χ3n) is 4.39.